The summed E-state index contributed by atoms with van der Waals surface area (Å²) in [7, 11) is 1.42. The lowest BCUT2D eigenvalue weighted by Gasteiger charge is -2.24. The number of hydrogen-bond donors (Lipinski definition) is 1. The van der Waals surface area contributed by atoms with Gasteiger partial charge in [0.2, 0.25) is 0 Å². The molecular formula is C68H109NO8P+. The maximum absolute atomic E-state index is 12.8. The standard InChI is InChI=1S/C68H108NO8P/c1-6-8-10-12-14-16-18-20-22-24-26-28-30-31-32-33-34-35-36-37-39-41-43-45-47-49-51-53-55-57-59-61-68(71)77-66(65-76-78(72,73)75-63-62-69(3,4)5)64-74-67(70)60-58-56-54-52-50-48-46-44-42-40-38-29-27-25-23-21-19-17-15-13-11-9-7-2/h8-11,14-17,20-23,26-29,31-32,34-35,37,39-40,42-43,45-46,48,66H,6-7,12-13,18-19,24-25,30,33,36,38,41,44,47,49-65H2,1-5H3/p+1/b10-8-,11-9-,16-14-,17-15-,22-20-,23-21-,28-26-,29-27-,32-31-,35-34-,39-37-,42-40-,45-43-,48-46-. The van der Waals surface area contributed by atoms with Crippen LogP contribution >= 0.6 is 7.82 Å². The van der Waals surface area contributed by atoms with Crippen LogP contribution in [0.4, 0.5) is 0 Å². The third kappa shape index (κ3) is 60.6. The van der Waals surface area contributed by atoms with Gasteiger partial charge in [0, 0.05) is 12.8 Å². The highest BCUT2D eigenvalue weighted by molar-refractivity contribution is 7.47. The van der Waals surface area contributed by atoms with E-state index in [1.807, 2.05) is 21.1 Å². The zero-order valence-corrected chi connectivity index (χ0v) is 50.5. The van der Waals surface area contributed by atoms with Gasteiger partial charge in [-0.05, 0) is 128 Å². The van der Waals surface area contributed by atoms with E-state index in [1.165, 1.54) is 0 Å². The summed E-state index contributed by atoms with van der Waals surface area (Å²) in [5.74, 6) is -0.860. The van der Waals surface area contributed by atoms with Crippen molar-refractivity contribution in [3.05, 3.63) is 170 Å². The number of phosphoric ester groups is 1. The smallest absolute Gasteiger partial charge is 0.462 e. The highest BCUT2D eigenvalue weighted by Crippen LogP contribution is 2.43. The molecule has 0 rings (SSSR count). The fourth-order valence-electron chi connectivity index (χ4n) is 7.21. The number of esters is 2. The molecule has 1 N–H and O–H groups in total. The molecule has 0 aromatic carbocycles. The molecule has 0 saturated carbocycles. The summed E-state index contributed by atoms with van der Waals surface area (Å²) < 4.78 is 34.5. The number of carbonyl (C=O) groups is 2. The summed E-state index contributed by atoms with van der Waals surface area (Å²) in [4.78, 5) is 35.7. The number of hydrogen-bond acceptors (Lipinski definition) is 7. The van der Waals surface area contributed by atoms with E-state index in [0.717, 1.165) is 154 Å². The van der Waals surface area contributed by atoms with E-state index in [1.54, 1.807) is 0 Å². The van der Waals surface area contributed by atoms with Crippen molar-refractivity contribution >= 4 is 19.8 Å². The second-order valence-corrected chi connectivity index (χ2v) is 21.7. The predicted octanol–water partition coefficient (Wildman–Crippen LogP) is 19.0. The number of nitrogens with zero attached hydrogens (tertiary/aromatic N) is 1. The number of phosphoric acid groups is 1. The number of unbranched alkanes of at least 4 members (excludes halogenated alkanes) is 10. The Hall–Kier alpha value is -4.63. The summed E-state index contributed by atoms with van der Waals surface area (Å²) >= 11 is 0. The lowest BCUT2D eigenvalue weighted by molar-refractivity contribution is -0.870. The molecule has 78 heavy (non-hydrogen) atoms. The zero-order chi connectivity index (χ0) is 57.0. The molecule has 2 unspecified atom stereocenters. The summed E-state index contributed by atoms with van der Waals surface area (Å²) in [6.45, 7) is 4.12. The van der Waals surface area contributed by atoms with Crippen LogP contribution in [0.1, 0.15) is 194 Å². The van der Waals surface area contributed by atoms with E-state index in [0.29, 0.717) is 23.9 Å². The molecule has 0 aliphatic rings. The van der Waals surface area contributed by atoms with Crippen LogP contribution in [0, 0.1) is 0 Å². The predicted molar refractivity (Wildman–Crippen MR) is 334 cm³/mol. The second-order valence-electron chi connectivity index (χ2n) is 20.3. The van der Waals surface area contributed by atoms with Gasteiger partial charge >= 0.3 is 19.8 Å². The Labute approximate surface area is 477 Å². The molecule has 0 spiro atoms. The van der Waals surface area contributed by atoms with Crippen molar-refractivity contribution in [1.29, 1.82) is 0 Å². The number of ether oxygens (including phenoxy) is 2. The van der Waals surface area contributed by atoms with Crippen molar-refractivity contribution < 1.29 is 42.1 Å². The topological polar surface area (TPSA) is 108 Å². The van der Waals surface area contributed by atoms with E-state index in [-0.39, 0.29) is 26.1 Å². The van der Waals surface area contributed by atoms with Gasteiger partial charge in [-0.25, -0.2) is 4.57 Å². The molecule has 0 aromatic heterocycles. The highest BCUT2D eigenvalue weighted by atomic mass is 31.2. The Morgan fingerprint density at radius 1 is 0.397 bits per heavy atom. The quantitative estimate of drug-likeness (QED) is 0.0211. The summed E-state index contributed by atoms with van der Waals surface area (Å²) in [6.07, 6.45) is 87.0. The van der Waals surface area contributed by atoms with Crippen LogP contribution < -0.4 is 0 Å². The molecule has 0 radical (unpaired) electrons. The minimum atomic E-state index is -4.41. The molecule has 0 saturated heterocycles. The molecular weight excluding hydrogens is 990 g/mol. The van der Waals surface area contributed by atoms with Gasteiger partial charge in [0.15, 0.2) is 6.10 Å². The van der Waals surface area contributed by atoms with E-state index in [2.05, 4.69) is 184 Å². The van der Waals surface area contributed by atoms with Crippen LogP contribution in [0.5, 0.6) is 0 Å². The van der Waals surface area contributed by atoms with Crippen molar-refractivity contribution in [3.63, 3.8) is 0 Å². The van der Waals surface area contributed by atoms with Crippen molar-refractivity contribution in [2.75, 3.05) is 47.5 Å². The molecule has 0 amide bonds. The zero-order valence-electron chi connectivity index (χ0n) is 49.6. The Morgan fingerprint density at radius 3 is 1.03 bits per heavy atom. The third-order valence-corrected chi connectivity index (χ3v) is 12.7. The third-order valence-electron chi connectivity index (χ3n) is 11.7. The van der Waals surface area contributed by atoms with Crippen LogP contribution in [0.2, 0.25) is 0 Å². The Kier molecular flexibility index (Phi) is 53.7. The normalized spacial score (nSPS) is 14.5. The minimum absolute atomic E-state index is 0.0131. The van der Waals surface area contributed by atoms with E-state index >= 15 is 0 Å². The van der Waals surface area contributed by atoms with Gasteiger partial charge in [0.25, 0.3) is 0 Å². The fraction of sp³-hybridized carbons (Fsp3) is 0.559. The maximum Gasteiger partial charge on any atom is 0.472 e. The molecule has 10 heteroatoms. The first-order chi connectivity index (χ1) is 38.0. The van der Waals surface area contributed by atoms with Gasteiger partial charge in [0.05, 0.1) is 27.7 Å². The SMILES string of the molecule is CC/C=C\C/C=C\C/C=C\C/C=C\C/C=C\C/C=C\C/C=C\C/C=C\CCCCCCCCC(=O)OC(COC(=O)CCCCCC/C=C\C/C=C\C/C=C\C/C=C\C/C=C\C/C=C\CC)COP(=O)(O)OCC[N+](C)(C)C. The first-order valence-electron chi connectivity index (χ1n) is 29.9. The number of quaternary nitrogens is 1. The number of allylic oxidation sites excluding steroid dienone is 28. The van der Waals surface area contributed by atoms with Crippen LogP contribution in [-0.4, -0.2) is 74.9 Å². The first-order valence-corrected chi connectivity index (χ1v) is 31.4. The number of carbonyl (C=O) groups excluding carboxylic acids is 2. The van der Waals surface area contributed by atoms with E-state index < -0.39 is 32.5 Å². The lowest BCUT2D eigenvalue weighted by Crippen LogP contribution is -2.37. The molecule has 2 atom stereocenters. The van der Waals surface area contributed by atoms with Crippen LogP contribution in [-0.2, 0) is 32.7 Å². The monoisotopic (exact) mass is 1100 g/mol. The largest absolute Gasteiger partial charge is 0.472 e. The second kappa shape index (κ2) is 57.1. The summed E-state index contributed by atoms with van der Waals surface area (Å²) in [5.41, 5.74) is 0. The fourth-order valence-corrected chi connectivity index (χ4v) is 7.95. The minimum Gasteiger partial charge on any atom is -0.462 e. The first kappa shape index (κ1) is 73.4. The molecule has 0 aliphatic carbocycles. The Morgan fingerprint density at radius 2 is 0.692 bits per heavy atom. The van der Waals surface area contributed by atoms with Crippen LogP contribution in [0.15, 0.2) is 170 Å². The van der Waals surface area contributed by atoms with Crippen molar-refractivity contribution in [1.82, 2.24) is 0 Å². The van der Waals surface area contributed by atoms with Gasteiger partial charge < -0.3 is 18.9 Å². The van der Waals surface area contributed by atoms with Gasteiger partial charge in [-0.2, -0.15) is 0 Å². The molecule has 9 nitrogen and oxygen atoms in total. The molecule has 0 heterocycles. The maximum atomic E-state index is 12.8. The van der Waals surface area contributed by atoms with Crippen LogP contribution in [0.25, 0.3) is 0 Å². The molecule has 0 bridgehead atoms. The van der Waals surface area contributed by atoms with E-state index in [4.69, 9.17) is 18.5 Å². The van der Waals surface area contributed by atoms with Gasteiger partial charge in [0.1, 0.15) is 19.8 Å². The Bertz CT molecular complexity index is 1920. The average Bonchev–Trinajstić information content (AvgIpc) is 3.40. The summed E-state index contributed by atoms with van der Waals surface area (Å²) in [5, 5.41) is 0. The van der Waals surface area contributed by atoms with Crippen LogP contribution in [0.3, 0.4) is 0 Å². The molecule has 0 aliphatic heterocycles. The lowest BCUT2D eigenvalue weighted by atomic mass is 10.1. The average molecular weight is 1100 g/mol. The van der Waals surface area contributed by atoms with Gasteiger partial charge in [-0.3, -0.25) is 18.6 Å². The number of rotatable bonds is 52. The number of likely N-dealkylation sites (N-methyl/N-ethyl adjacent to an activating group) is 1. The van der Waals surface area contributed by atoms with Crippen molar-refractivity contribution in [2.45, 2.75) is 200 Å². The Balaban J connectivity index is 4.31. The van der Waals surface area contributed by atoms with Crippen molar-refractivity contribution in [2.24, 2.45) is 0 Å². The molecule has 438 valence electrons. The molecule has 0 aromatic rings. The summed E-state index contributed by atoms with van der Waals surface area (Å²) in [6, 6.07) is 0. The highest BCUT2D eigenvalue weighted by Gasteiger charge is 2.27. The molecule has 0 fully saturated rings. The van der Waals surface area contributed by atoms with Crippen molar-refractivity contribution in [3.8, 4) is 0 Å². The van der Waals surface area contributed by atoms with Gasteiger partial charge in [-0.1, -0.05) is 223 Å². The van der Waals surface area contributed by atoms with Gasteiger partial charge in [-0.15, -0.1) is 0 Å². The van der Waals surface area contributed by atoms with E-state index in [9.17, 15) is 19.0 Å².